The molecule has 1 unspecified atom stereocenters. The number of H-pyrrole nitrogens is 2. The second kappa shape index (κ2) is 8.94. The molecule has 1 atom stereocenters. The van der Waals surface area contributed by atoms with E-state index in [0.29, 0.717) is 5.56 Å². The molecule has 2 aromatic carbocycles. The van der Waals surface area contributed by atoms with E-state index in [1.54, 1.807) is 6.20 Å². The van der Waals surface area contributed by atoms with E-state index < -0.39 is 17.7 Å². The molecule has 0 spiro atoms. The van der Waals surface area contributed by atoms with Crippen molar-refractivity contribution >= 4 is 49.7 Å². The van der Waals surface area contributed by atoms with Crippen LogP contribution < -0.4 is 10.6 Å². The van der Waals surface area contributed by atoms with Crippen LogP contribution in [0.5, 0.6) is 0 Å². The first-order chi connectivity index (χ1) is 15.6. The van der Waals surface area contributed by atoms with Gasteiger partial charge in [0.15, 0.2) is 0 Å². The molecule has 2 heterocycles. The molecular weight excluding hydrogens is 484 g/mol. The van der Waals surface area contributed by atoms with E-state index in [-0.39, 0.29) is 12.5 Å². The highest BCUT2D eigenvalue weighted by atomic mass is 79.9. The molecule has 0 aliphatic rings. The van der Waals surface area contributed by atoms with Gasteiger partial charge in [0.1, 0.15) is 5.60 Å². The Kier molecular flexibility index (Phi) is 6.21. The summed E-state index contributed by atoms with van der Waals surface area (Å²) in [6.07, 6.45) is 3.03. The molecule has 0 bridgehead atoms. The maximum Gasteiger partial charge on any atom is 0.407 e. The predicted molar refractivity (Wildman–Crippen MR) is 133 cm³/mol. The van der Waals surface area contributed by atoms with Crippen molar-refractivity contribution < 1.29 is 14.3 Å². The molecule has 2 amide bonds. The largest absolute Gasteiger partial charge is 0.444 e. The molecule has 0 fully saturated rings. The summed E-state index contributed by atoms with van der Waals surface area (Å²) < 4.78 is 6.30. The van der Waals surface area contributed by atoms with Crippen LogP contribution in [-0.4, -0.2) is 34.1 Å². The number of fused-ring (bicyclic) bond motifs is 2. The van der Waals surface area contributed by atoms with Crippen LogP contribution >= 0.6 is 15.9 Å². The van der Waals surface area contributed by atoms with Gasteiger partial charge in [-0.15, -0.1) is 0 Å². The number of rotatable bonds is 5. The number of amides is 2. The average molecular weight is 511 g/mol. The molecule has 7 nitrogen and oxygen atoms in total. The maximum atomic E-state index is 13.3. The zero-order valence-corrected chi connectivity index (χ0v) is 20.6. The molecule has 8 heteroatoms. The second-order valence-electron chi connectivity index (χ2n) is 9.09. The van der Waals surface area contributed by atoms with Gasteiger partial charge >= 0.3 is 6.09 Å². The number of hydrogen-bond donors (Lipinski definition) is 4. The lowest BCUT2D eigenvalue weighted by Gasteiger charge is -2.22. The standard InChI is InChI=1S/C25H27BrN4O3/c1-14-5-7-16-19(12-28-21(16)9-14)23(31)30-22(13-29-24(32)33-25(2,3)4)18-11-27-20-8-6-15(26)10-17(18)20/h5-12,22,27-28H,13H2,1-4H3,(H,29,32)(H,30,31). The third-order valence-electron chi connectivity index (χ3n) is 5.29. The van der Waals surface area contributed by atoms with Crippen LogP contribution in [0.15, 0.2) is 53.3 Å². The fourth-order valence-corrected chi connectivity index (χ4v) is 4.17. The number of ether oxygens (including phenoxy) is 1. The number of nitrogens with one attached hydrogen (secondary N) is 4. The molecule has 4 rings (SSSR count). The molecule has 2 aromatic heterocycles. The minimum Gasteiger partial charge on any atom is -0.444 e. The molecule has 172 valence electrons. The number of benzene rings is 2. The highest BCUT2D eigenvalue weighted by Crippen LogP contribution is 2.28. The fourth-order valence-electron chi connectivity index (χ4n) is 3.80. The zero-order chi connectivity index (χ0) is 23.8. The Hall–Kier alpha value is -3.26. The van der Waals surface area contributed by atoms with Gasteiger partial charge in [-0.1, -0.05) is 28.1 Å². The van der Waals surface area contributed by atoms with Gasteiger partial charge in [-0.25, -0.2) is 4.79 Å². The van der Waals surface area contributed by atoms with Gasteiger partial charge in [0.05, 0.1) is 11.6 Å². The van der Waals surface area contributed by atoms with E-state index in [2.05, 4.69) is 36.5 Å². The lowest BCUT2D eigenvalue weighted by molar-refractivity contribution is 0.0520. The molecule has 33 heavy (non-hydrogen) atoms. The maximum absolute atomic E-state index is 13.3. The van der Waals surface area contributed by atoms with Gasteiger partial charge in [-0.05, 0) is 57.5 Å². The third kappa shape index (κ3) is 5.22. The van der Waals surface area contributed by atoms with E-state index in [9.17, 15) is 9.59 Å². The highest BCUT2D eigenvalue weighted by molar-refractivity contribution is 9.10. The molecule has 0 aliphatic heterocycles. The van der Waals surface area contributed by atoms with Gasteiger partial charge in [-0.3, -0.25) is 4.79 Å². The number of aromatic nitrogens is 2. The van der Waals surface area contributed by atoms with Gasteiger partial charge in [-0.2, -0.15) is 0 Å². The number of hydrogen-bond acceptors (Lipinski definition) is 3. The van der Waals surface area contributed by atoms with Crippen molar-refractivity contribution in [2.45, 2.75) is 39.3 Å². The van der Waals surface area contributed by atoms with Crippen molar-refractivity contribution in [3.05, 3.63) is 70.0 Å². The number of aromatic amines is 2. The topological polar surface area (TPSA) is 99.0 Å². The molecule has 4 aromatic rings. The number of alkyl carbamates (subject to hydrolysis) is 1. The lowest BCUT2D eigenvalue weighted by Crippen LogP contribution is -2.40. The van der Waals surface area contributed by atoms with Crippen LogP contribution in [0.25, 0.3) is 21.8 Å². The Balaban J connectivity index is 1.63. The summed E-state index contributed by atoms with van der Waals surface area (Å²) in [6, 6.07) is 11.3. The lowest BCUT2D eigenvalue weighted by atomic mass is 10.0. The summed E-state index contributed by atoms with van der Waals surface area (Å²) >= 11 is 3.52. The summed E-state index contributed by atoms with van der Waals surface area (Å²) in [6.45, 7) is 7.60. The SMILES string of the molecule is Cc1ccc2c(C(=O)NC(CNC(=O)OC(C)(C)C)c3c[nH]c4ccc(Br)cc34)c[nH]c2c1. The molecule has 0 radical (unpaired) electrons. The van der Waals surface area contributed by atoms with E-state index in [0.717, 1.165) is 37.4 Å². The van der Waals surface area contributed by atoms with Crippen LogP contribution in [0.3, 0.4) is 0 Å². The average Bonchev–Trinajstić information content (AvgIpc) is 3.33. The minimum absolute atomic E-state index is 0.168. The van der Waals surface area contributed by atoms with E-state index >= 15 is 0 Å². The Morgan fingerprint density at radius 1 is 1.03 bits per heavy atom. The number of carbonyl (C=O) groups excluding carboxylic acids is 2. The fraction of sp³-hybridized carbons (Fsp3) is 0.280. The van der Waals surface area contributed by atoms with E-state index in [4.69, 9.17) is 4.74 Å². The highest BCUT2D eigenvalue weighted by Gasteiger charge is 2.23. The number of halogens is 1. The molecule has 0 saturated heterocycles. The first-order valence-electron chi connectivity index (χ1n) is 10.7. The molecule has 0 saturated carbocycles. The smallest absolute Gasteiger partial charge is 0.407 e. The zero-order valence-electron chi connectivity index (χ0n) is 19.0. The van der Waals surface area contributed by atoms with Crippen molar-refractivity contribution in [2.75, 3.05) is 6.54 Å². The van der Waals surface area contributed by atoms with Crippen molar-refractivity contribution in [3.8, 4) is 0 Å². The summed E-state index contributed by atoms with van der Waals surface area (Å²) in [5.41, 5.74) is 3.75. The van der Waals surface area contributed by atoms with E-state index in [1.807, 2.05) is 70.3 Å². The number of aryl methyl sites for hydroxylation is 1. The third-order valence-corrected chi connectivity index (χ3v) is 5.78. The summed E-state index contributed by atoms with van der Waals surface area (Å²) in [7, 11) is 0. The van der Waals surface area contributed by atoms with Gasteiger partial charge in [0.2, 0.25) is 0 Å². The monoisotopic (exact) mass is 510 g/mol. The minimum atomic E-state index is -0.614. The van der Waals surface area contributed by atoms with Crippen molar-refractivity contribution in [2.24, 2.45) is 0 Å². The second-order valence-corrected chi connectivity index (χ2v) is 10.0. The summed E-state index contributed by atoms with van der Waals surface area (Å²) in [4.78, 5) is 32.0. The quantitative estimate of drug-likeness (QED) is 0.276. The Morgan fingerprint density at radius 2 is 1.79 bits per heavy atom. The Labute approximate surface area is 200 Å². The number of carbonyl (C=O) groups is 2. The first kappa shape index (κ1) is 22.9. The molecule has 0 aliphatic carbocycles. The summed E-state index contributed by atoms with van der Waals surface area (Å²) in [5.74, 6) is -0.231. The van der Waals surface area contributed by atoms with Crippen LogP contribution in [0.1, 0.15) is 48.3 Å². The van der Waals surface area contributed by atoms with Gasteiger partial charge in [0, 0.05) is 50.8 Å². The van der Waals surface area contributed by atoms with Crippen molar-refractivity contribution in [1.29, 1.82) is 0 Å². The van der Waals surface area contributed by atoms with Crippen LogP contribution in [0, 0.1) is 6.92 Å². The molecular formula is C25H27BrN4O3. The normalized spacial score (nSPS) is 12.6. The van der Waals surface area contributed by atoms with Crippen molar-refractivity contribution in [3.63, 3.8) is 0 Å². The van der Waals surface area contributed by atoms with Crippen LogP contribution in [0.4, 0.5) is 4.79 Å². The van der Waals surface area contributed by atoms with E-state index in [1.165, 1.54) is 0 Å². The van der Waals surface area contributed by atoms with Gasteiger partial charge < -0.3 is 25.3 Å². The van der Waals surface area contributed by atoms with Crippen LogP contribution in [0.2, 0.25) is 0 Å². The van der Waals surface area contributed by atoms with Gasteiger partial charge in [0.25, 0.3) is 5.91 Å². The molecule has 4 N–H and O–H groups in total. The van der Waals surface area contributed by atoms with Crippen molar-refractivity contribution in [1.82, 2.24) is 20.6 Å². The van der Waals surface area contributed by atoms with Crippen LogP contribution in [-0.2, 0) is 4.74 Å². The Bertz CT molecular complexity index is 1330. The predicted octanol–water partition coefficient (Wildman–Crippen LogP) is 5.72. The first-order valence-corrected chi connectivity index (χ1v) is 11.5. The summed E-state index contributed by atoms with van der Waals surface area (Å²) in [5, 5.41) is 7.69. The Morgan fingerprint density at radius 3 is 2.55 bits per heavy atom.